The summed E-state index contributed by atoms with van der Waals surface area (Å²) in [6.45, 7) is 4.44. The van der Waals surface area contributed by atoms with Crippen LogP contribution in [-0.4, -0.2) is 156 Å². The van der Waals surface area contributed by atoms with Crippen LogP contribution in [0.4, 0.5) is 0 Å². The van der Waals surface area contributed by atoms with Crippen LogP contribution in [0.5, 0.6) is 17.2 Å². The van der Waals surface area contributed by atoms with Crippen LogP contribution in [-0.2, 0) is 44.5 Å². The van der Waals surface area contributed by atoms with Gasteiger partial charge in [-0.2, -0.15) is 0 Å². The van der Waals surface area contributed by atoms with Crippen molar-refractivity contribution in [2.75, 3.05) is 54.4 Å². The van der Waals surface area contributed by atoms with E-state index in [1.807, 2.05) is 0 Å². The van der Waals surface area contributed by atoms with Crippen molar-refractivity contribution in [3.63, 3.8) is 0 Å². The van der Waals surface area contributed by atoms with Gasteiger partial charge in [-0.15, -0.1) is 0 Å². The van der Waals surface area contributed by atoms with E-state index >= 15 is 0 Å². The van der Waals surface area contributed by atoms with Gasteiger partial charge in [0.15, 0.2) is 12.1 Å². The molecule has 19 heteroatoms. The average Bonchev–Trinajstić information content (AvgIpc) is 3.19. The Morgan fingerprint density at radius 2 is 1.63 bits per heavy atom. The van der Waals surface area contributed by atoms with E-state index in [0.717, 1.165) is 0 Å². The molecule has 1 saturated heterocycles. The molecule has 3 aliphatic rings. The highest BCUT2D eigenvalue weighted by Crippen LogP contribution is 2.52. The number of aliphatic hydroxyl groups is 2. The van der Waals surface area contributed by atoms with Crippen molar-refractivity contribution in [3.8, 4) is 17.2 Å². The second-order valence-electron chi connectivity index (χ2n) is 15.3. The maximum absolute atomic E-state index is 14.2. The molecule has 1 fully saturated rings. The Balaban J connectivity index is 1.47. The normalized spacial score (nSPS) is 23.3. The second kappa shape index (κ2) is 19.0. The predicted octanol–water partition coefficient (Wildman–Crippen LogP) is 0.440. The standard InChI is InChI=1S/C41H54N4O15/c1-20-35(49)25(43-13-9-12-29(58-21(2)46)59-22(3)47)16-30(57-20)60-27-18-41(55,40(54)45(6)15-14-44(5)28(48)19-42-4)17-24-32(27)39(53)34-33(37(24)51)36(50)23-10-8-11-26(56-7)31(23)38(34)52/h8,10-11,20,25,27,29-30,35,42-43,49,51,53,55H,9,12-19H2,1-7H3/t20?,25?,27-,30?,35?,41-/m0/s1. The molecule has 1 aliphatic heterocycles. The van der Waals surface area contributed by atoms with Gasteiger partial charge < -0.3 is 64.5 Å². The van der Waals surface area contributed by atoms with Crippen molar-refractivity contribution in [3.05, 3.63) is 51.6 Å². The number of aromatic hydroxyl groups is 2. The number of hydrogen-bond donors (Lipinski definition) is 6. The minimum absolute atomic E-state index is 0.00636. The fraction of sp³-hybridized carbons (Fsp3) is 0.561. The van der Waals surface area contributed by atoms with Crippen molar-refractivity contribution in [1.82, 2.24) is 20.4 Å². The number of phenols is 2. The smallest absolute Gasteiger partial charge is 0.305 e. The number of nitrogens with one attached hydrogen (secondary N) is 2. The molecule has 4 unspecified atom stereocenters. The number of amides is 2. The SMILES string of the molecule is CNCC(=O)N(C)CCN(C)C(=O)[C@]1(O)Cc2c(O)c3c(c(O)c2[C@@H](OC2CC(NCCCC(OC(C)=O)OC(C)=O)C(O)C(C)O2)C1)C(=O)c1c(OC)cccc1C3=O. The number of ether oxygens (including phenoxy) is 5. The molecular weight excluding hydrogens is 788 g/mol. The summed E-state index contributed by atoms with van der Waals surface area (Å²) in [6, 6.07) is 3.70. The minimum Gasteiger partial charge on any atom is -0.507 e. The summed E-state index contributed by atoms with van der Waals surface area (Å²) < 4.78 is 28.0. The second-order valence-corrected chi connectivity index (χ2v) is 15.3. The Kier molecular flexibility index (Phi) is 14.6. The number of rotatable bonds is 16. The van der Waals surface area contributed by atoms with E-state index in [0.29, 0.717) is 6.42 Å². The minimum atomic E-state index is -2.31. The van der Waals surface area contributed by atoms with Crippen LogP contribution in [0.2, 0.25) is 0 Å². The summed E-state index contributed by atoms with van der Waals surface area (Å²) in [5.41, 5.74) is -3.86. The molecular formula is C41H54N4O15. The zero-order chi connectivity index (χ0) is 44.2. The van der Waals surface area contributed by atoms with E-state index in [9.17, 15) is 49.2 Å². The van der Waals surface area contributed by atoms with E-state index in [1.165, 1.54) is 56.0 Å². The molecule has 1 heterocycles. The van der Waals surface area contributed by atoms with Crippen molar-refractivity contribution >= 4 is 35.3 Å². The topological polar surface area (TPSA) is 260 Å². The lowest BCUT2D eigenvalue weighted by Crippen LogP contribution is -2.55. The van der Waals surface area contributed by atoms with E-state index in [1.54, 1.807) is 21.0 Å². The van der Waals surface area contributed by atoms with Crippen molar-refractivity contribution in [2.45, 2.75) is 95.4 Å². The van der Waals surface area contributed by atoms with Crippen molar-refractivity contribution in [1.29, 1.82) is 0 Å². The Hall–Kier alpha value is -5.18. The number of fused-ring (bicyclic) bond motifs is 3. The molecule has 0 spiro atoms. The molecule has 0 saturated carbocycles. The van der Waals surface area contributed by atoms with Crippen LogP contribution in [0, 0.1) is 0 Å². The third-order valence-corrected chi connectivity index (χ3v) is 11.0. The first-order chi connectivity index (χ1) is 28.3. The third kappa shape index (κ3) is 9.56. The molecule has 5 rings (SSSR count). The van der Waals surface area contributed by atoms with Gasteiger partial charge in [0.2, 0.25) is 18.0 Å². The third-order valence-electron chi connectivity index (χ3n) is 11.0. The quantitative estimate of drug-likeness (QED) is 0.0495. The number of hydrogen-bond acceptors (Lipinski definition) is 17. The van der Waals surface area contributed by atoms with Crippen LogP contribution in [0.1, 0.15) is 95.5 Å². The highest BCUT2D eigenvalue weighted by Gasteiger charge is 2.51. The lowest BCUT2D eigenvalue weighted by Gasteiger charge is -2.43. The molecule has 2 aromatic rings. The number of carbonyl (C=O) groups excluding carboxylic acids is 6. The van der Waals surface area contributed by atoms with Gasteiger partial charge in [0.25, 0.3) is 5.91 Å². The summed E-state index contributed by atoms with van der Waals surface area (Å²) in [6.07, 6.45) is -6.16. The first kappa shape index (κ1) is 45.9. The van der Waals surface area contributed by atoms with Gasteiger partial charge in [0.1, 0.15) is 22.8 Å². The molecule has 2 aromatic carbocycles. The van der Waals surface area contributed by atoms with Gasteiger partial charge in [-0.3, -0.25) is 28.8 Å². The molecule has 2 amide bonds. The fourth-order valence-electron chi connectivity index (χ4n) is 7.96. The van der Waals surface area contributed by atoms with Crippen LogP contribution >= 0.6 is 0 Å². The Morgan fingerprint density at radius 3 is 2.27 bits per heavy atom. The number of ketones is 2. The number of esters is 2. The Labute approximate surface area is 346 Å². The number of methoxy groups -OCH3 is 1. The maximum atomic E-state index is 14.2. The Bertz CT molecular complexity index is 1990. The molecule has 0 aromatic heterocycles. The number of phenolic OH excluding ortho intramolecular Hbond substituents is 2. The summed E-state index contributed by atoms with van der Waals surface area (Å²) in [5, 5.41) is 53.2. The van der Waals surface area contributed by atoms with Gasteiger partial charge in [-0.1, -0.05) is 12.1 Å². The first-order valence-corrected chi connectivity index (χ1v) is 19.6. The van der Waals surface area contributed by atoms with Crippen molar-refractivity contribution < 1.29 is 72.9 Å². The maximum Gasteiger partial charge on any atom is 0.305 e. The summed E-state index contributed by atoms with van der Waals surface area (Å²) >= 11 is 0. The van der Waals surface area contributed by atoms with E-state index in [-0.39, 0.29) is 72.9 Å². The number of carbonyl (C=O) groups is 6. The number of aliphatic hydroxyl groups excluding tert-OH is 1. The summed E-state index contributed by atoms with van der Waals surface area (Å²) in [5.74, 6) is -5.24. The van der Waals surface area contributed by atoms with Crippen LogP contribution in [0.3, 0.4) is 0 Å². The zero-order valence-electron chi connectivity index (χ0n) is 34.7. The monoisotopic (exact) mass is 842 g/mol. The Morgan fingerprint density at radius 1 is 0.983 bits per heavy atom. The molecule has 0 radical (unpaired) electrons. The van der Waals surface area contributed by atoms with Crippen molar-refractivity contribution in [2.24, 2.45) is 0 Å². The van der Waals surface area contributed by atoms with Crippen LogP contribution in [0.15, 0.2) is 18.2 Å². The largest absolute Gasteiger partial charge is 0.507 e. The molecule has 60 heavy (non-hydrogen) atoms. The summed E-state index contributed by atoms with van der Waals surface area (Å²) in [7, 11) is 5.94. The molecule has 6 N–H and O–H groups in total. The highest BCUT2D eigenvalue weighted by atomic mass is 16.7. The van der Waals surface area contributed by atoms with E-state index in [4.69, 9.17) is 23.7 Å². The van der Waals surface area contributed by atoms with Gasteiger partial charge >= 0.3 is 11.9 Å². The van der Waals surface area contributed by atoms with Gasteiger partial charge in [0, 0.05) is 89.4 Å². The zero-order valence-corrected chi connectivity index (χ0v) is 34.7. The predicted molar refractivity (Wildman–Crippen MR) is 209 cm³/mol. The van der Waals surface area contributed by atoms with E-state index < -0.39 is 107 Å². The lowest BCUT2D eigenvalue weighted by atomic mass is 9.72. The number of benzene rings is 2. The number of nitrogens with zero attached hydrogens (tertiary/aromatic N) is 2. The number of likely N-dealkylation sites (N-methyl/N-ethyl adjacent to an activating group) is 3. The molecule has 2 aliphatic carbocycles. The first-order valence-electron chi connectivity index (χ1n) is 19.6. The average molecular weight is 843 g/mol. The molecule has 19 nitrogen and oxygen atoms in total. The van der Waals surface area contributed by atoms with Gasteiger partial charge in [0.05, 0.1) is 48.7 Å². The van der Waals surface area contributed by atoms with E-state index in [2.05, 4.69) is 10.6 Å². The lowest BCUT2D eigenvalue weighted by molar-refractivity contribution is -0.250. The highest BCUT2D eigenvalue weighted by molar-refractivity contribution is 6.31. The molecule has 328 valence electrons. The van der Waals surface area contributed by atoms with Gasteiger partial charge in [-0.25, -0.2) is 0 Å². The van der Waals surface area contributed by atoms with Crippen LogP contribution < -0.4 is 15.4 Å². The van der Waals surface area contributed by atoms with Gasteiger partial charge in [-0.05, 0) is 33.0 Å². The fourth-order valence-corrected chi connectivity index (χ4v) is 7.96. The van der Waals surface area contributed by atoms with Crippen LogP contribution in [0.25, 0.3) is 0 Å². The molecule has 0 bridgehead atoms. The molecule has 6 atom stereocenters. The summed E-state index contributed by atoms with van der Waals surface area (Å²) in [4.78, 5) is 80.3.